The third-order valence-corrected chi connectivity index (χ3v) is 4.20. The lowest BCUT2D eigenvalue weighted by Crippen LogP contribution is -2.09. The van der Waals surface area contributed by atoms with Gasteiger partial charge in [0.25, 0.3) is 0 Å². The van der Waals surface area contributed by atoms with Gasteiger partial charge in [0.15, 0.2) is 0 Å². The smallest absolute Gasteiger partial charge is 0.0588 e. The van der Waals surface area contributed by atoms with Crippen LogP contribution in [0.2, 0.25) is 0 Å². The van der Waals surface area contributed by atoms with E-state index in [1.165, 1.54) is 17.7 Å². The Hall–Kier alpha value is 0.140. The Labute approximate surface area is 98.3 Å². The maximum absolute atomic E-state index is 9.76. The number of unbranched alkanes of at least 4 members (excludes halogenated alkanes) is 2. The Morgan fingerprint density at radius 3 is 2.86 bits per heavy atom. The Morgan fingerprint density at radius 1 is 1.50 bits per heavy atom. The van der Waals surface area contributed by atoms with E-state index >= 15 is 0 Å². The zero-order valence-electron chi connectivity index (χ0n) is 8.50. The average molecular weight is 277 g/mol. The molecular weight excluding hydrogens is 260 g/mol. The largest absolute Gasteiger partial charge is 0.393 e. The van der Waals surface area contributed by atoms with Gasteiger partial charge in [0.2, 0.25) is 0 Å². The molecule has 0 fully saturated rings. The molecular formula is C11H17BrOS. The fourth-order valence-corrected chi connectivity index (χ4v) is 3.00. The van der Waals surface area contributed by atoms with Crippen LogP contribution in [0.5, 0.6) is 0 Å². The first kappa shape index (κ1) is 12.2. The van der Waals surface area contributed by atoms with Gasteiger partial charge < -0.3 is 5.11 Å². The summed E-state index contributed by atoms with van der Waals surface area (Å²) in [7, 11) is 0. The van der Waals surface area contributed by atoms with Crippen LogP contribution in [-0.2, 0) is 6.42 Å². The minimum Gasteiger partial charge on any atom is -0.393 e. The third kappa shape index (κ3) is 4.11. The summed E-state index contributed by atoms with van der Waals surface area (Å²) in [5.74, 6) is 0. The van der Waals surface area contributed by atoms with Gasteiger partial charge in [-0.05, 0) is 33.8 Å². The van der Waals surface area contributed by atoms with Crippen molar-refractivity contribution in [1.82, 2.24) is 0 Å². The van der Waals surface area contributed by atoms with Crippen LogP contribution in [0.15, 0.2) is 15.9 Å². The normalized spacial score (nSPS) is 13.1. The molecule has 0 amide bonds. The second kappa shape index (κ2) is 6.59. The molecule has 0 spiro atoms. The summed E-state index contributed by atoms with van der Waals surface area (Å²) in [6.45, 7) is 2.18. The Balaban J connectivity index is 2.27. The van der Waals surface area contributed by atoms with Gasteiger partial charge in [-0.3, -0.25) is 0 Å². The molecule has 0 bridgehead atoms. The molecule has 1 nitrogen and oxygen atoms in total. The van der Waals surface area contributed by atoms with E-state index in [1.54, 1.807) is 11.3 Å². The first-order valence-electron chi connectivity index (χ1n) is 5.14. The van der Waals surface area contributed by atoms with Crippen molar-refractivity contribution in [3.63, 3.8) is 0 Å². The van der Waals surface area contributed by atoms with Crippen molar-refractivity contribution < 1.29 is 5.11 Å². The summed E-state index contributed by atoms with van der Waals surface area (Å²) in [5, 5.41) is 11.8. The standard InChI is InChI=1S/C11H17BrOS/c1-2-3-4-5-9(13)8-11-10(12)6-7-14-11/h6-7,9,13H,2-5,8H2,1H3. The Kier molecular flexibility index (Phi) is 5.75. The molecule has 0 aliphatic carbocycles. The number of aliphatic hydroxyl groups is 1. The van der Waals surface area contributed by atoms with Gasteiger partial charge in [-0.25, -0.2) is 0 Å². The van der Waals surface area contributed by atoms with Crippen LogP contribution in [0, 0.1) is 0 Å². The molecule has 1 aromatic rings. The molecule has 0 saturated carbocycles. The molecule has 0 radical (unpaired) electrons. The lowest BCUT2D eigenvalue weighted by Gasteiger charge is -2.08. The number of halogens is 1. The highest BCUT2D eigenvalue weighted by Gasteiger charge is 2.08. The summed E-state index contributed by atoms with van der Waals surface area (Å²) in [4.78, 5) is 1.26. The van der Waals surface area contributed by atoms with Gasteiger partial charge in [-0.2, -0.15) is 0 Å². The molecule has 1 aromatic heterocycles. The lowest BCUT2D eigenvalue weighted by molar-refractivity contribution is 0.162. The molecule has 0 saturated heterocycles. The predicted octanol–water partition coefficient (Wildman–Crippen LogP) is 3.99. The maximum atomic E-state index is 9.76. The first-order chi connectivity index (χ1) is 6.74. The SMILES string of the molecule is CCCCCC(O)Cc1sccc1Br. The minimum absolute atomic E-state index is 0.170. The lowest BCUT2D eigenvalue weighted by atomic mass is 10.1. The molecule has 0 aliphatic rings. The van der Waals surface area contributed by atoms with E-state index in [9.17, 15) is 5.11 Å². The summed E-state index contributed by atoms with van der Waals surface area (Å²) in [6, 6.07) is 2.04. The molecule has 0 aliphatic heterocycles. The molecule has 3 heteroatoms. The summed E-state index contributed by atoms with van der Waals surface area (Å²) in [6.07, 6.45) is 5.13. The number of aliphatic hydroxyl groups excluding tert-OH is 1. The van der Waals surface area contributed by atoms with Crippen LogP contribution < -0.4 is 0 Å². The maximum Gasteiger partial charge on any atom is 0.0588 e. The first-order valence-corrected chi connectivity index (χ1v) is 6.81. The highest BCUT2D eigenvalue weighted by Crippen LogP contribution is 2.24. The van der Waals surface area contributed by atoms with Crippen molar-refractivity contribution in [1.29, 1.82) is 0 Å². The third-order valence-electron chi connectivity index (χ3n) is 2.25. The van der Waals surface area contributed by atoms with E-state index in [1.807, 2.05) is 6.07 Å². The fraction of sp³-hybridized carbons (Fsp3) is 0.636. The highest BCUT2D eigenvalue weighted by molar-refractivity contribution is 9.10. The molecule has 0 aromatic carbocycles. The van der Waals surface area contributed by atoms with Crippen molar-refractivity contribution in [2.45, 2.75) is 45.1 Å². The summed E-state index contributed by atoms with van der Waals surface area (Å²) >= 11 is 5.19. The van der Waals surface area contributed by atoms with Gasteiger partial charge in [0, 0.05) is 15.8 Å². The van der Waals surface area contributed by atoms with Gasteiger partial charge in [0.1, 0.15) is 0 Å². The Bertz CT molecular complexity index is 260. The van der Waals surface area contributed by atoms with E-state index in [0.717, 1.165) is 23.7 Å². The zero-order chi connectivity index (χ0) is 10.4. The van der Waals surface area contributed by atoms with E-state index in [-0.39, 0.29) is 6.10 Å². The topological polar surface area (TPSA) is 20.2 Å². The second-order valence-corrected chi connectivity index (χ2v) is 5.40. The fourth-order valence-electron chi connectivity index (χ4n) is 1.42. The van der Waals surface area contributed by atoms with Gasteiger partial charge in [-0.15, -0.1) is 11.3 Å². The summed E-state index contributed by atoms with van der Waals surface area (Å²) < 4.78 is 1.14. The van der Waals surface area contributed by atoms with E-state index in [4.69, 9.17) is 0 Å². The minimum atomic E-state index is -0.170. The van der Waals surface area contributed by atoms with Crippen molar-refractivity contribution in [2.24, 2.45) is 0 Å². The quantitative estimate of drug-likeness (QED) is 0.779. The zero-order valence-corrected chi connectivity index (χ0v) is 10.9. The number of rotatable bonds is 6. The molecule has 1 heterocycles. The van der Waals surface area contributed by atoms with Gasteiger partial charge in [0.05, 0.1) is 6.10 Å². The number of hydrogen-bond donors (Lipinski definition) is 1. The van der Waals surface area contributed by atoms with Crippen LogP contribution in [0.3, 0.4) is 0 Å². The molecule has 14 heavy (non-hydrogen) atoms. The van der Waals surface area contributed by atoms with Crippen molar-refractivity contribution in [2.75, 3.05) is 0 Å². The van der Waals surface area contributed by atoms with Crippen LogP contribution >= 0.6 is 27.3 Å². The summed E-state index contributed by atoms with van der Waals surface area (Å²) in [5.41, 5.74) is 0. The number of thiophene rings is 1. The van der Waals surface area contributed by atoms with Crippen LogP contribution in [-0.4, -0.2) is 11.2 Å². The molecule has 1 rings (SSSR count). The Morgan fingerprint density at radius 2 is 2.29 bits per heavy atom. The van der Waals surface area contributed by atoms with E-state index in [0.29, 0.717) is 0 Å². The van der Waals surface area contributed by atoms with Gasteiger partial charge >= 0.3 is 0 Å². The molecule has 1 N–H and O–H groups in total. The molecule has 1 unspecified atom stereocenters. The van der Waals surface area contributed by atoms with Crippen molar-refractivity contribution in [3.05, 3.63) is 20.8 Å². The van der Waals surface area contributed by atoms with Crippen LogP contribution in [0.1, 0.15) is 37.5 Å². The van der Waals surface area contributed by atoms with E-state index in [2.05, 4.69) is 28.2 Å². The average Bonchev–Trinajstić information content (AvgIpc) is 2.52. The van der Waals surface area contributed by atoms with Crippen LogP contribution in [0.25, 0.3) is 0 Å². The van der Waals surface area contributed by atoms with Gasteiger partial charge in [-0.1, -0.05) is 26.2 Å². The number of hydrogen-bond acceptors (Lipinski definition) is 2. The predicted molar refractivity (Wildman–Crippen MR) is 65.9 cm³/mol. The van der Waals surface area contributed by atoms with Crippen molar-refractivity contribution in [3.8, 4) is 0 Å². The van der Waals surface area contributed by atoms with E-state index < -0.39 is 0 Å². The second-order valence-electron chi connectivity index (χ2n) is 3.55. The molecule has 1 atom stereocenters. The highest BCUT2D eigenvalue weighted by atomic mass is 79.9. The van der Waals surface area contributed by atoms with Crippen molar-refractivity contribution >= 4 is 27.3 Å². The van der Waals surface area contributed by atoms with Crippen LogP contribution in [0.4, 0.5) is 0 Å². The monoisotopic (exact) mass is 276 g/mol. The molecule has 80 valence electrons.